The number of ether oxygens (including phenoxy) is 1. The summed E-state index contributed by atoms with van der Waals surface area (Å²) in [6, 6.07) is 19.1. The molecule has 1 aliphatic rings. The van der Waals surface area contributed by atoms with Crippen molar-refractivity contribution in [2.75, 3.05) is 23.9 Å². The van der Waals surface area contributed by atoms with Crippen molar-refractivity contribution >= 4 is 23.1 Å². The van der Waals surface area contributed by atoms with E-state index < -0.39 is 0 Å². The first-order valence-corrected chi connectivity index (χ1v) is 8.52. The van der Waals surface area contributed by atoms with Gasteiger partial charge < -0.3 is 15.0 Å². The van der Waals surface area contributed by atoms with Crippen molar-refractivity contribution in [2.45, 2.75) is 6.42 Å². The van der Waals surface area contributed by atoms with Crippen LogP contribution < -0.4 is 15.0 Å². The molecule has 2 heterocycles. The van der Waals surface area contributed by atoms with Gasteiger partial charge in [-0.15, -0.1) is 0 Å². The average Bonchev–Trinajstić information content (AvgIpc) is 3.12. The molecule has 0 bridgehead atoms. The van der Waals surface area contributed by atoms with Crippen LogP contribution in [-0.4, -0.2) is 24.5 Å². The van der Waals surface area contributed by atoms with Crippen molar-refractivity contribution < 1.29 is 9.53 Å². The summed E-state index contributed by atoms with van der Waals surface area (Å²) in [7, 11) is 1.61. The molecule has 5 nitrogen and oxygen atoms in total. The van der Waals surface area contributed by atoms with E-state index in [0.717, 1.165) is 24.4 Å². The van der Waals surface area contributed by atoms with E-state index >= 15 is 0 Å². The smallest absolute Gasteiger partial charge is 0.259 e. The molecule has 130 valence electrons. The molecule has 1 aliphatic heterocycles. The molecular weight excluding hydrogens is 326 g/mol. The Morgan fingerprint density at radius 2 is 1.88 bits per heavy atom. The molecule has 26 heavy (non-hydrogen) atoms. The van der Waals surface area contributed by atoms with Gasteiger partial charge in [0.05, 0.1) is 12.7 Å². The van der Waals surface area contributed by atoms with Gasteiger partial charge in [-0.25, -0.2) is 4.98 Å². The summed E-state index contributed by atoms with van der Waals surface area (Å²) in [5, 5.41) is 2.94. The molecule has 1 aromatic heterocycles. The summed E-state index contributed by atoms with van der Waals surface area (Å²) in [6.45, 7) is 0.819. The number of benzene rings is 2. The van der Waals surface area contributed by atoms with Crippen LogP contribution in [0.5, 0.6) is 5.75 Å². The minimum Gasteiger partial charge on any atom is -0.497 e. The fraction of sp³-hybridized carbons (Fsp3) is 0.143. The van der Waals surface area contributed by atoms with Crippen LogP contribution in [0.1, 0.15) is 15.9 Å². The molecule has 3 aromatic rings. The number of hydrogen-bond acceptors (Lipinski definition) is 4. The predicted molar refractivity (Wildman–Crippen MR) is 102 cm³/mol. The summed E-state index contributed by atoms with van der Waals surface area (Å²) >= 11 is 0. The molecule has 4 rings (SSSR count). The first kappa shape index (κ1) is 16.1. The lowest BCUT2D eigenvalue weighted by atomic mass is 10.1. The molecule has 0 atom stereocenters. The van der Waals surface area contributed by atoms with E-state index in [1.165, 1.54) is 5.56 Å². The normalized spacial score (nSPS) is 12.6. The Labute approximate surface area is 152 Å². The summed E-state index contributed by atoms with van der Waals surface area (Å²) in [6.07, 6.45) is 2.67. The Balaban J connectivity index is 1.62. The number of aromatic nitrogens is 1. The number of pyridine rings is 1. The van der Waals surface area contributed by atoms with Crippen LogP contribution in [-0.2, 0) is 6.42 Å². The van der Waals surface area contributed by atoms with E-state index in [1.54, 1.807) is 19.4 Å². The number of nitrogens with one attached hydrogen (secondary N) is 1. The number of anilines is 3. The van der Waals surface area contributed by atoms with Gasteiger partial charge in [-0.1, -0.05) is 18.2 Å². The predicted octanol–water partition coefficient (Wildman–Crippen LogP) is 4.04. The Morgan fingerprint density at radius 3 is 2.69 bits per heavy atom. The van der Waals surface area contributed by atoms with Crippen molar-refractivity contribution in [3.05, 3.63) is 78.0 Å². The fourth-order valence-electron chi connectivity index (χ4n) is 3.22. The van der Waals surface area contributed by atoms with Crippen LogP contribution in [0.2, 0.25) is 0 Å². The maximum Gasteiger partial charge on any atom is 0.259 e. The topological polar surface area (TPSA) is 54.5 Å². The highest BCUT2D eigenvalue weighted by atomic mass is 16.5. The standard InChI is InChI=1S/C21H19N3O2/c1-26-17-10-8-16(9-11-17)23-21(25)18-6-4-13-22-20(18)24-14-12-15-5-2-3-7-19(15)24/h2-11,13H,12,14H2,1H3,(H,23,25). The molecule has 1 amide bonds. The zero-order valence-electron chi connectivity index (χ0n) is 14.5. The number of nitrogens with zero attached hydrogens (tertiary/aromatic N) is 2. The van der Waals surface area contributed by atoms with E-state index in [4.69, 9.17) is 4.74 Å². The van der Waals surface area contributed by atoms with Crippen LogP contribution >= 0.6 is 0 Å². The maximum atomic E-state index is 12.8. The minimum atomic E-state index is -0.178. The molecule has 1 N–H and O–H groups in total. The van der Waals surface area contributed by atoms with Crippen LogP contribution in [0.25, 0.3) is 0 Å². The lowest BCUT2D eigenvalue weighted by Gasteiger charge is -2.21. The molecule has 5 heteroatoms. The van der Waals surface area contributed by atoms with Crippen LogP contribution in [0.3, 0.4) is 0 Å². The van der Waals surface area contributed by atoms with Gasteiger partial charge in [0.2, 0.25) is 0 Å². The Kier molecular flexibility index (Phi) is 4.27. The number of carbonyl (C=O) groups excluding carboxylic acids is 1. The first-order chi connectivity index (χ1) is 12.8. The Morgan fingerprint density at radius 1 is 1.08 bits per heavy atom. The second kappa shape index (κ2) is 6.88. The maximum absolute atomic E-state index is 12.8. The second-order valence-corrected chi connectivity index (χ2v) is 6.09. The van der Waals surface area contributed by atoms with Crippen molar-refractivity contribution in [3.63, 3.8) is 0 Å². The van der Waals surface area contributed by atoms with Crippen molar-refractivity contribution in [1.29, 1.82) is 0 Å². The van der Waals surface area contributed by atoms with Crippen LogP contribution in [0.15, 0.2) is 66.9 Å². The SMILES string of the molecule is COc1ccc(NC(=O)c2cccnc2N2CCc3ccccc32)cc1. The number of carbonyl (C=O) groups is 1. The summed E-state index contributed by atoms with van der Waals surface area (Å²) in [5.41, 5.74) is 3.66. The number of rotatable bonds is 4. The largest absolute Gasteiger partial charge is 0.497 e. The van der Waals surface area contributed by atoms with Gasteiger partial charge in [0.15, 0.2) is 0 Å². The molecule has 0 spiro atoms. The summed E-state index contributed by atoms with van der Waals surface area (Å²) in [5.74, 6) is 1.25. The summed E-state index contributed by atoms with van der Waals surface area (Å²) in [4.78, 5) is 19.5. The van der Waals surface area contributed by atoms with E-state index in [2.05, 4.69) is 27.3 Å². The fourth-order valence-corrected chi connectivity index (χ4v) is 3.22. The molecule has 0 radical (unpaired) electrons. The molecule has 0 fully saturated rings. The average molecular weight is 345 g/mol. The highest BCUT2D eigenvalue weighted by Crippen LogP contribution is 2.35. The first-order valence-electron chi connectivity index (χ1n) is 8.52. The number of fused-ring (bicyclic) bond motifs is 1. The van der Waals surface area contributed by atoms with Gasteiger partial charge in [0, 0.05) is 24.1 Å². The van der Waals surface area contributed by atoms with Crippen molar-refractivity contribution in [2.24, 2.45) is 0 Å². The number of hydrogen-bond donors (Lipinski definition) is 1. The van der Waals surface area contributed by atoms with Crippen molar-refractivity contribution in [3.8, 4) is 5.75 Å². The molecule has 0 saturated carbocycles. The molecule has 0 aliphatic carbocycles. The van der Waals surface area contributed by atoms with Gasteiger partial charge in [-0.2, -0.15) is 0 Å². The molecule has 0 saturated heterocycles. The van der Waals surface area contributed by atoms with Gasteiger partial charge in [0.25, 0.3) is 5.91 Å². The second-order valence-electron chi connectivity index (χ2n) is 6.09. The van der Waals surface area contributed by atoms with Crippen LogP contribution in [0.4, 0.5) is 17.2 Å². The molecular formula is C21H19N3O2. The number of methoxy groups -OCH3 is 1. The van der Waals surface area contributed by atoms with Crippen molar-refractivity contribution in [1.82, 2.24) is 4.98 Å². The quantitative estimate of drug-likeness (QED) is 0.775. The molecule has 0 unspecified atom stereocenters. The number of para-hydroxylation sites is 1. The third-order valence-corrected chi connectivity index (χ3v) is 4.52. The lowest BCUT2D eigenvalue weighted by molar-refractivity contribution is 0.102. The Hall–Kier alpha value is -3.34. The highest BCUT2D eigenvalue weighted by molar-refractivity contribution is 6.08. The zero-order chi connectivity index (χ0) is 17.9. The van der Waals surface area contributed by atoms with Crippen LogP contribution in [0, 0.1) is 0 Å². The lowest BCUT2D eigenvalue weighted by Crippen LogP contribution is -2.21. The third kappa shape index (κ3) is 2.99. The number of amides is 1. The van der Waals surface area contributed by atoms with E-state index in [9.17, 15) is 4.79 Å². The molecule has 2 aromatic carbocycles. The van der Waals surface area contributed by atoms with E-state index in [-0.39, 0.29) is 5.91 Å². The highest BCUT2D eigenvalue weighted by Gasteiger charge is 2.25. The van der Waals surface area contributed by atoms with Gasteiger partial charge in [-0.05, 0) is 54.4 Å². The van der Waals surface area contributed by atoms with Gasteiger partial charge in [-0.3, -0.25) is 4.79 Å². The van der Waals surface area contributed by atoms with Gasteiger partial charge in [0.1, 0.15) is 11.6 Å². The van der Waals surface area contributed by atoms with Gasteiger partial charge >= 0.3 is 0 Å². The summed E-state index contributed by atoms with van der Waals surface area (Å²) < 4.78 is 5.15. The van der Waals surface area contributed by atoms with E-state index in [0.29, 0.717) is 17.1 Å². The zero-order valence-corrected chi connectivity index (χ0v) is 14.5. The van der Waals surface area contributed by atoms with E-state index in [1.807, 2.05) is 42.5 Å². The minimum absolute atomic E-state index is 0.178. The Bertz CT molecular complexity index is 938. The monoisotopic (exact) mass is 345 g/mol. The third-order valence-electron chi connectivity index (χ3n) is 4.52.